The van der Waals surface area contributed by atoms with Crippen molar-refractivity contribution in [1.29, 1.82) is 0 Å². The molecule has 0 saturated carbocycles. The number of halogens is 1. The van der Waals surface area contributed by atoms with Crippen LogP contribution in [-0.4, -0.2) is 34.3 Å². The Morgan fingerprint density at radius 1 is 1.16 bits per heavy atom. The minimum absolute atomic E-state index is 0.125. The fourth-order valence-corrected chi connectivity index (χ4v) is 2.52. The van der Waals surface area contributed by atoms with Crippen molar-refractivity contribution < 1.29 is 24.0 Å². The molecule has 0 spiro atoms. The van der Waals surface area contributed by atoms with Gasteiger partial charge in [-0.15, -0.1) is 0 Å². The summed E-state index contributed by atoms with van der Waals surface area (Å²) < 4.78 is 10.2. The van der Waals surface area contributed by atoms with Crippen LogP contribution in [0.4, 0.5) is 10.5 Å². The number of carboxylic acid groups (broad SMARTS) is 1. The largest absolute Gasteiger partial charge is 0.480 e. The Morgan fingerprint density at radius 3 is 2.50 bits per heavy atom. The summed E-state index contributed by atoms with van der Waals surface area (Å²) in [6.07, 6.45) is 1.40. The SMILES string of the molecule is C[C@H](NC(=O)N/C(=N\c1ccc(Oc2ccon2)cc1)NCc1ccc(Cl)cc1)C(=O)O. The van der Waals surface area contributed by atoms with E-state index in [4.69, 9.17) is 26.0 Å². The second kappa shape index (κ2) is 10.8. The maximum absolute atomic E-state index is 12.2. The Bertz CT molecular complexity index is 1070. The lowest BCUT2D eigenvalue weighted by atomic mass is 10.2. The first kappa shape index (κ1) is 22.6. The molecule has 0 aliphatic carbocycles. The molecule has 0 aliphatic rings. The summed E-state index contributed by atoms with van der Waals surface area (Å²) in [6.45, 7) is 1.70. The summed E-state index contributed by atoms with van der Waals surface area (Å²) >= 11 is 5.91. The van der Waals surface area contributed by atoms with Gasteiger partial charge < -0.3 is 25.0 Å². The highest BCUT2D eigenvalue weighted by Gasteiger charge is 2.15. The number of amides is 2. The van der Waals surface area contributed by atoms with Crippen molar-refractivity contribution >= 4 is 35.2 Å². The number of aromatic nitrogens is 1. The molecule has 1 aromatic heterocycles. The first-order valence-electron chi connectivity index (χ1n) is 9.44. The van der Waals surface area contributed by atoms with Crippen LogP contribution in [-0.2, 0) is 11.3 Å². The summed E-state index contributed by atoms with van der Waals surface area (Å²) in [5.74, 6) is -0.192. The van der Waals surface area contributed by atoms with E-state index in [1.807, 2.05) is 12.1 Å². The Hall–Kier alpha value is -4.05. The van der Waals surface area contributed by atoms with Gasteiger partial charge in [-0.3, -0.25) is 10.1 Å². The van der Waals surface area contributed by atoms with Gasteiger partial charge in [0.1, 0.15) is 18.1 Å². The lowest BCUT2D eigenvalue weighted by molar-refractivity contribution is -0.138. The van der Waals surface area contributed by atoms with E-state index in [9.17, 15) is 9.59 Å². The Balaban J connectivity index is 1.72. The highest BCUT2D eigenvalue weighted by Crippen LogP contribution is 2.22. The van der Waals surface area contributed by atoms with Crippen LogP contribution in [0.1, 0.15) is 12.5 Å². The lowest BCUT2D eigenvalue weighted by Crippen LogP contribution is -2.49. The van der Waals surface area contributed by atoms with E-state index >= 15 is 0 Å². The van der Waals surface area contributed by atoms with Gasteiger partial charge in [-0.2, -0.15) is 0 Å². The van der Waals surface area contributed by atoms with Crippen molar-refractivity contribution in [2.24, 2.45) is 4.99 Å². The monoisotopic (exact) mass is 457 g/mol. The number of guanidine groups is 1. The molecule has 4 N–H and O–H groups in total. The third-order valence-electron chi connectivity index (χ3n) is 4.04. The molecule has 166 valence electrons. The molecule has 2 aromatic carbocycles. The zero-order valence-corrected chi connectivity index (χ0v) is 17.7. The normalized spacial score (nSPS) is 12.0. The van der Waals surface area contributed by atoms with E-state index in [1.165, 1.54) is 13.2 Å². The summed E-state index contributed by atoms with van der Waals surface area (Å²) in [5.41, 5.74) is 1.42. The van der Waals surface area contributed by atoms with Crippen LogP contribution in [0.3, 0.4) is 0 Å². The predicted molar refractivity (Wildman–Crippen MR) is 117 cm³/mol. The molecule has 0 radical (unpaired) electrons. The van der Waals surface area contributed by atoms with E-state index < -0.39 is 18.0 Å². The second-order valence-electron chi connectivity index (χ2n) is 6.53. The number of ether oxygens (including phenoxy) is 1. The lowest BCUT2D eigenvalue weighted by Gasteiger charge is -2.14. The number of carbonyl (C=O) groups is 2. The number of aliphatic carboxylic acids is 1. The van der Waals surface area contributed by atoms with Crippen LogP contribution in [0, 0.1) is 0 Å². The average molecular weight is 458 g/mol. The van der Waals surface area contributed by atoms with Gasteiger partial charge in [-0.25, -0.2) is 9.79 Å². The number of carboxylic acids is 1. The Kier molecular flexibility index (Phi) is 7.65. The molecule has 2 amide bonds. The molecule has 0 fully saturated rings. The number of urea groups is 1. The van der Waals surface area contributed by atoms with Gasteiger partial charge in [-0.1, -0.05) is 23.7 Å². The van der Waals surface area contributed by atoms with Crippen LogP contribution in [0.15, 0.2) is 70.4 Å². The van der Waals surface area contributed by atoms with Crippen molar-refractivity contribution in [1.82, 2.24) is 21.1 Å². The number of hydrogen-bond acceptors (Lipinski definition) is 6. The molecule has 0 saturated heterocycles. The maximum atomic E-state index is 12.2. The first-order chi connectivity index (χ1) is 15.4. The van der Waals surface area contributed by atoms with Gasteiger partial charge in [-0.05, 0) is 54.0 Å². The molecular weight excluding hydrogens is 438 g/mol. The fourth-order valence-electron chi connectivity index (χ4n) is 2.39. The van der Waals surface area contributed by atoms with Crippen LogP contribution in [0.25, 0.3) is 0 Å². The number of rotatable bonds is 7. The van der Waals surface area contributed by atoms with Gasteiger partial charge in [0.15, 0.2) is 0 Å². The molecular formula is C21H20ClN5O5. The number of nitrogens with zero attached hydrogens (tertiary/aromatic N) is 2. The van der Waals surface area contributed by atoms with Crippen molar-refractivity contribution in [2.75, 3.05) is 0 Å². The minimum Gasteiger partial charge on any atom is -0.480 e. The number of hydrogen-bond donors (Lipinski definition) is 4. The number of nitrogens with one attached hydrogen (secondary N) is 3. The molecule has 0 unspecified atom stereocenters. The van der Waals surface area contributed by atoms with Crippen LogP contribution in [0.2, 0.25) is 5.02 Å². The molecule has 10 nitrogen and oxygen atoms in total. The van der Waals surface area contributed by atoms with Gasteiger partial charge in [0, 0.05) is 17.6 Å². The predicted octanol–water partition coefficient (Wildman–Crippen LogP) is 3.67. The number of carbonyl (C=O) groups excluding carboxylic acids is 1. The maximum Gasteiger partial charge on any atom is 0.325 e. The third kappa shape index (κ3) is 7.03. The molecule has 0 bridgehead atoms. The first-order valence-corrected chi connectivity index (χ1v) is 9.82. The van der Waals surface area contributed by atoms with Crippen molar-refractivity contribution in [2.45, 2.75) is 19.5 Å². The van der Waals surface area contributed by atoms with Crippen LogP contribution in [0.5, 0.6) is 11.6 Å². The van der Waals surface area contributed by atoms with Crippen molar-refractivity contribution in [3.63, 3.8) is 0 Å². The van der Waals surface area contributed by atoms with E-state index in [2.05, 4.69) is 26.1 Å². The standard InChI is InChI=1S/C21H20ClN5O5/c1-13(19(28)29)24-21(30)26-20(23-12-14-2-4-15(22)5-3-14)25-16-6-8-17(9-7-16)32-18-10-11-31-27-18/h2-11,13H,12H2,1H3,(H,28,29)(H3,23,24,25,26,30)/t13-/m0/s1. The zero-order valence-electron chi connectivity index (χ0n) is 16.9. The number of benzene rings is 2. The molecule has 11 heteroatoms. The summed E-state index contributed by atoms with van der Waals surface area (Å²) in [4.78, 5) is 27.6. The molecule has 1 atom stereocenters. The Morgan fingerprint density at radius 2 is 1.88 bits per heavy atom. The summed E-state index contributed by atoms with van der Waals surface area (Å²) in [5, 5.41) is 21.1. The molecule has 3 rings (SSSR count). The molecule has 1 heterocycles. The molecule has 32 heavy (non-hydrogen) atoms. The smallest absolute Gasteiger partial charge is 0.325 e. The topological polar surface area (TPSA) is 138 Å². The third-order valence-corrected chi connectivity index (χ3v) is 4.29. The molecule has 0 aliphatic heterocycles. The quantitative estimate of drug-likeness (QED) is 0.313. The molecule has 3 aromatic rings. The Labute approximate surface area is 188 Å². The van der Waals surface area contributed by atoms with Gasteiger partial charge in [0.25, 0.3) is 5.88 Å². The van der Waals surface area contributed by atoms with Crippen molar-refractivity contribution in [3.05, 3.63) is 71.4 Å². The second-order valence-corrected chi connectivity index (χ2v) is 6.97. The minimum atomic E-state index is -1.16. The zero-order chi connectivity index (χ0) is 22.9. The van der Waals surface area contributed by atoms with Gasteiger partial charge in [0.05, 0.1) is 5.69 Å². The van der Waals surface area contributed by atoms with E-state index in [0.29, 0.717) is 28.9 Å². The van der Waals surface area contributed by atoms with E-state index in [0.717, 1.165) is 5.56 Å². The highest BCUT2D eigenvalue weighted by molar-refractivity contribution is 6.30. The van der Waals surface area contributed by atoms with Crippen LogP contribution >= 0.6 is 11.6 Å². The highest BCUT2D eigenvalue weighted by atomic mass is 35.5. The van der Waals surface area contributed by atoms with Gasteiger partial charge in [0.2, 0.25) is 5.96 Å². The fraction of sp³-hybridized carbons (Fsp3) is 0.143. The number of aliphatic imine (C=N–C) groups is 1. The van der Waals surface area contributed by atoms with Crippen molar-refractivity contribution in [3.8, 4) is 11.6 Å². The summed E-state index contributed by atoms with van der Waals surface area (Å²) in [7, 11) is 0. The van der Waals surface area contributed by atoms with E-state index in [1.54, 1.807) is 42.5 Å². The average Bonchev–Trinajstić information content (AvgIpc) is 3.27. The van der Waals surface area contributed by atoms with Crippen LogP contribution < -0.4 is 20.7 Å². The van der Waals surface area contributed by atoms with E-state index in [-0.39, 0.29) is 5.96 Å². The van der Waals surface area contributed by atoms with Gasteiger partial charge >= 0.3 is 12.0 Å². The summed E-state index contributed by atoms with van der Waals surface area (Å²) in [6, 6.07) is 13.7.